The van der Waals surface area contributed by atoms with E-state index in [1.54, 1.807) is 30.1 Å². The summed E-state index contributed by atoms with van der Waals surface area (Å²) < 4.78 is 6.35. The number of thioether (sulfide) groups is 1. The van der Waals surface area contributed by atoms with Crippen LogP contribution >= 0.6 is 27.7 Å². The van der Waals surface area contributed by atoms with E-state index in [9.17, 15) is 4.79 Å². The summed E-state index contributed by atoms with van der Waals surface area (Å²) in [5.74, 6) is 0.436. The third-order valence-corrected chi connectivity index (χ3v) is 3.60. The lowest BCUT2D eigenvalue weighted by molar-refractivity contribution is -0.118. The fourth-order valence-corrected chi connectivity index (χ4v) is 2.08. The van der Waals surface area contributed by atoms with Crippen LogP contribution in [0.3, 0.4) is 0 Å². The summed E-state index contributed by atoms with van der Waals surface area (Å²) in [5, 5.41) is 3.64. The Morgan fingerprint density at radius 3 is 2.65 bits per heavy atom. The number of amides is 1. The second-order valence-corrected chi connectivity index (χ2v) is 5.62. The quantitative estimate of drug-likeness (QED) is 0.835. The molecule has 1 N–H and O–H groups in total. The first-order valence-corrected chi connectivity index (χ1v) is 7.87. The number of ether oxygens (including phenoxy) is 1. The number of aromatic nitrogens is 1. The standard InChI is InChI=1S/C14H13BrN2O2S/c1-20-14-7-4-11(8-16-14)17-13(18)9-19-12-5-2-10(15)3-6-12/h2-8H,9H2,1H3,(H,17,18). The van der Waals surface area contributed by atoms with E-state index in [0.717, 1.165) is 9.50 Å². The number of benzene rings is 1. The highest BCUT2D eigenvalue weighted by molar-refractivity contribution is 9.10. The zero-order valence-corrected chi connectivity index (χ0v) is 13.2. The van der Waals surface area contributed by atoms with Crippen molar-refractivity contribution < 1.29 is 9.53 Å². The highest BCUT2D eigenvalue weighted by Gasteiger charge is 2.04. The number of pyridine rings is 1. The molecule has 4 nitrogen and oxygen atoms in total. The highest BCUT2D eigenvalue weighted by Crippen LogP contribution is 2.16. The summed E-state index contributed by atoms with van der Waals surface area (Å²) in [5.41, 5.74) is 0.659. The zero-order chi connectivity index (χ0) is 14.4. The lowest BCUT2D eigenvalue weighted by Gasteiger charge is -2.07. The summed E-state index contributed by atoms with van der Waals surface area (Å²) in [4.78, 5) is 15.9. The van der Waals surface area contributed by atoms with E-state index in [1.807, 2.05) is 30.5 Å². The second-order valence-electron chi connectivity index (χ2n) is 3.88. The van der Waals surface area contributed by atoms with E-state index in [0.29, 0.717) is 11.4 Å². The first-order chi connectivity index (χ1) is 9.67. The van der Waals surface area contributed by atoms with Gasteiger partial charge in [-0.15, -0.1) is 11.8 Å². The van der Waals surface area contributed by atoms with Crippen LogP contribution in [0, 0.1) is 0 Å². The molecule has 0 spiro atoms. The van der Waals surface area contributed by atoms with Crippen molar-refractivity contribution in [2.24, 2.45) is 0 Å². The Labute approximate surface area is 130 Å². The molecule has 0 aliphatic carbocycles. The molecular weight excluding hydrogens is 340 g/mol. The van der Waals surface area contributed by atoms with Gasteiger partial charge in [0.1, 0.15) is 5.75 Å². The van der Waals surface area contributed by atoms with Crippen molar-refractivity contribution >= 4 is 39.3 Å². The molecule has 0 radical (unpaired) electrons. The molecule has 1 amide bonds. The number of rotatable bonds is 5. The Kier molecular flexibility index (Phi) is 5.43. The molecule has 1 heterocycles. The molecule has 1 aromatic carbocycles. The summed E-state index contributed by atoms with van der Waals surface area (Å²) in [6.45, 7) is -0.0358. The van der Waals surface area contributed by atoms with Crippen molar-refractivity contribution in [3.8, 4) is 5.75 Å². The van der Waals surface area contributed by atoms with Crippen molar-refractivity contribution in [1.29, 1.82) is 0 Å². The van der Waals surface area contributed by atoms with Gasteiger partial charge in [0.25, 0.3) is 5.91 Å². The number of nitrogens with one attached hydrogen (secondary N) is 1. The van der Waals surface area contributed by atoms with Crippen LogP contribution in [0.5, 0.6) is 5.75 Å². The van der Waals surface area contributed by atoms with Gasteiger partial charge >= 0.3 is 0 Å². The number of halogens is 1. The molecule has 0 aliphatic rings. The molecule has 104 valence electrons. The van der Waals surface area contributed by atoms with Crippen LogP contribution < -0.4 is 10.1 Å². The van der Waals surface area contributed by atoms with Gasteiger partial charge in [-0.1, -0.05) is 15.9 Å². The van der Waals surface area contributed by atoms with Crippen LogP contribution in [0.4, 0.5) is 5.69 Å². The molecule has 0 aliphatic heterocycles. The van der Waals surface area contributed by atoms with Gasteiger partial charge in [0.15, 0.2) is 6.61 Å². The lowest BCUT2D eigenvalue weighted by Crippen LogP contribution is -2.20. The summed E-state index contributed by atoms with van der Waals surface area (Å²) >= 11 is 4.89. The zero-order valence-electron chi connectivity index (χ0n) is 10.8. The highest BCUT2D eigenvalue weighted by atomic mass is 79.9. The first-order valence-electron chi connectivity index (χ1n) is 5.85. The van der Waals surface area contributed by atoms with Crippen LogP contribution in [-0.4, -0.2) is 23.8 Å². The monoisotopic (exact) mass is 352 g/mol. The maximum absolute atomic E-state index is 11.7. The Morgan fingerprint density at radius 2 is 2.05 bits per heavy atom. The number of carbonyl (C=O) groups excluding carboxylic acids is 1. The molecule has 0 saturated heterocycles. The minimum atomic E-state index is -0.216. The largest absolute Gasteiger partial charge is 0.484 e. The van der Waals surface area contributed by atoms with Crippen molar-refractivity contribution in [1.82, 2.24) is 4.98 Å². The fraction of sp³-hybridized carbons (Fsp3) is 0.143. The van der Waals surface area contributed by atoms with E-state index in [1.165, 1.54) is 0 Å². The Bertz CT molecular complexity index is 573. The molecule has 0 saturated carbocycles. The van der Waals surface area contributed by atoms with E-state index in [4.69, 9.17) is 4.74 Å². The minimum absolute atomic E-state index is 0.0358. The van der Waals surface area contributed by atoms with Crippen LogP contribution in [0.25, 0.3) is 0 Å². The van der Waals surface area contributed by atoms with Gasteiger partial charge in [0.2, 0.25) is 0 Å². The Balaban J connectivity index is 1.84. The normalized spacial score (nSPS) is 10.1. The number of hydrogen-bond donors (Lipinski definition) is 1. The molecular formula is C14H13BrN2O2S. The second kappa shape index (κ2) is 7.31. The van der Waals surface area contributed by atoms with Gasteiger partial charge < -0.3 is 10.1 Å². The average Bonchev–Trinajstić information content (AvgIpc) is 2.47. The molecule has 0 fully saturated rings. The van der Waals surface area contributed by atoms with Gasteiger partial charge in [-0.25, -0.2) is 4.98 Å². The minimum Gasteiger partial charge on any atom is -0.484 e. The van der Waals surface area contributed by atoms with Gasteiger partial charge in [-0.05, 0) is 42.7 Å². The molecule has 0 bridgehead atoms. The number of carbonyl (C=O) groups is 1. The van der Waals surface area contributed by atoms with Gasteiger partial charge in [-0.3, -0.25) is 4.79 Å². The van der Waals surface area contributed by atoms with Crippen LogP contribution in [0.15, 0.2) is 52.1 Å². The predicted octanol–water partition coefficient (Wildman–Crippen LogP) is 3.58. The smallest absolute Gasteiger partial charge is 0.262 e. The van der Waals surface area contributed by atoms with Crippen LogP contribution in [0.2, 0.25) is 0 Å². The van der Waals surface area contributed by atoms with E-state index in [2.05, 4.69) is 26.2 Å². The average molecular weight is 353 g/mol. The van der Waals surface area contributed by atoms with Crippen molar-refractivity contribution in [3.05, 3.63) is 47.1 Å². The van der Waals surface area contributed by atoms with Gasteiger partial charge in [0, 0.05) is 4.47 Å². The maximum atomic E-state index is 11.7. The molecule has 1 aromatic heterocycles. The van der Waals surface area contributed by atoms with Crippen molar-refractivity contribution in [2.75, 3.05) is 18.2 Å². The topological polar surface area (TPSA) is 51.2 Å². The van der Waals surface area contributed by atoms with E-state index >= 15 is 0 Å². The third kappa shape index (κ3) is 4.54. The molecule has 0 atom stereocenters. The molecule has 2 rings (SSSR count). The first kappa shape index (κ1) is 14.9. The molecule has 20 heavy (non-hydrogen) atoms. The molecule has 2 aromatic rings. The third-order valence-electron chi connectivity index (χ3n) is 2.41. The van der Waals surface area contributed by atoms with E-state index in [-0.39, 0.29) is 12.5 Å². The predicted molar refractivity (Wildman–Crippen MR) is 84.3 cm³/mol. The summed E-state index contributed by atoms with van der Waals surface area (Å²) in [6.07, 6.45) is 3.58. The molecule has 0 unspecified atom stereocenters. The maximum Gasteiger partial charge on any atom is 0.262 e. The Hall–Kier alpha value is -1.53. The summed E-state index contributed by atoms with van der Waals surface area (Å²) in [7, 11) is 0. The van der Waals surface area contributed by atoms with Gasteiger partial charge in [0.05, 0.1) is 16.9 Å². The number of anilines is 1. The van der Waals surface area contributed by atoms with Gasteiger partial charge in [-0.2, -0.15) is 0 Å². The van der Waals surface area contributed by atoms with E-state index < -0.39 is 0 Å². The SMILES string of the molecule is CSc1ccc(NC(=O)COc2ccc(Br)cc2)cn1. The fourth-order valence-electron chi connectivity index (χ4n) is 1.45. The lowest BCUT2D eigenvalue weighted by atomic mass is 10.3. The molecule has 6 heteroatoms. The Morgan fingerprint density at radius 1 is 1.30 bits per heavy atom. The van der Waals surface area contributed by atoms with Crippen molar-refractivity contribution in [3.63, 3.8) is 0 Å². The van der Waals surface area contributed by atoms with Crippen LogP contribution in [0.1, 0.15) is 0 Å². The summed E-state index contributed by atoms with van der Waals surface area (Å²) in [6, 6.07) is 11.0. The van der Waals surface area contributed by atoms with Crippen LogP contribution in [-0.2, 0) is 4.79 Å². The number of hydrogen-bond acceptors (Lipinski definition) is 4. The van der Waals surface area contributed by atoms with Crippen molar-refractivity contribution in [2.45, 2.75) is 5.03 Å². The number of nitrogens with zero attached hydrogens (tertiary/aromatic N) is 1.